The first-order chi connectivity index (χ1) is 20.8. The van der Waals surface area contributed by atoms with E-state index in [2.05, 4.69) is 55.7 Å². The smallest absolute Gasteiger partial charge is 0.243 e. The zero-order valence-corrected chi connectivity index (χ0v) is 27.4. The standard InChI is InChI=1S/C36H68N4O2/c41-33-23-17-11-5-1-3-7-13-19-25-37-29-31-39(35-37)27-21-15-9-10-16-22-28-40-32-30-38(36-40)26-20-14-8-4-2-6-12-18-24-34-42/h29-32,35-36,41-42H,1-28,33-34H2/q+2. The van der Waals surface area contributed by atoms with Crippen molar-refractivity contribution in [3.05, 3.63) is 37.4 Å². The topological polar surface area (TPSA) is 58.1 Å². The highest BCUT2D eigenvalue weighted by Gasteiger charge is 2.05. The van der Waals surface area contributed by atoms with Crippen LogP contribution in [0, 0.1) is 0 Å². The lowest BCUT2D eigenvalue weighted by Crippen LogP contribution is -2.30. The predicted octanol–water partition coefficient (Wildman–Crippen LogP) is 7.91. The van der Waals surface area contributed by atoms with Crippen molar-refractivity contribution in [1.29, 1.82) is 0 Å². The second-order valence-corrected chi connectivity index (χ2v) is 12.7. The molecule has 0 aliphatic rings. The molecule has 2 heterocycles. The van der Waals surface area contributed by atoms with Gasteiger partial charge in [0, 0.05) is 13.2 Å². The minimum atomic E-state index is 0.353. The van der Waals surface area contributed by atoms with Crippen LogP contribution in [0.5, 0.6) is 0 Å². The van der Waals surface area contributed by atoms with E-state index < -0.39 is 0 Å². The third-order valence-electron chi connectivity index (χ3n) is 8.72. The van der Waals surface area contributed by atoms with E-state index in [4.69, 9.17) is 10.2 Å². The lowest BCUT2D eigenvalue weighted by Gasteiger charge is -2.02. The second kappa shape index (κ2) is 26.9. The number of unbranched alkanes of at least 4 members (excludes halogenated alkanes) is 21. The molecular formula is C36H68N4O2+2. The molecule has 0 saturated carbocycles. The van der Waals surface area contributed by atoms with Crippen LogP contribution in [0.3, 0.4) is 0 Å². The third-order valence-corrected chi connectivity index (χ3v) is 8.72. The molecular weight excluding hydrogens is 520 g/mol. The number of rotatable bonds is 31. The summed E-state index contributed by atoms with van der Waals surface area (Å²) >= 11 is 0. The predicted molar refractivity (Wildman–Crippen MR) is 174 cm³/mol. The van der Waals surface area contributed by atoms with Gasteiger partial charge in [-0.25, -0.2) is 18.3 Å². The first-order valence-corrected chi connectivity index (χ1v) is 18.1. The molecule has 2 rings (SSSR count). The molecule has 0 aliphatic heterocycles. The minimum absolute atomic E-state index is 0.353. The number of aromatic nitrogens is 4. The molecule has 6 heteroatoms. The Morgan fingerprint density at radius 1 is 0.357 bits per heavy atom. The van der Waals surface area contributed by atoms with Crippen molar-refractivity contribution in [2.24, 2.45) is 0 Å². The average Bonchev–Trinajstić information content (AvgIpc) is 3.66. The lowest BCUT2D eigenvalue weighted by atomic mass is 10.1. The minimum Gasteiger partial charge on any atom is -0.396 e. The molecule has 0 aromatic carbocycles. The van der Waals surface area contributed by atoms with Crippen LogP contribution in [0.4, 0.5) is 0 Å². The second-order valence-electron chi connectivity index (χ2n) is 12.7. The summed E-state index contributed by atoms with van der Waals surface area (Å²) in [4.78, 5) is 0. The van der Waals surface area contributed by atoms with Crippen molar-refractivity contribution >= 4 is 0 Å². The number of aliphatic hydroxyl groups excluding tert-OH is 2. The quantitative estimate of drug-likeness (QED) is 0.0695. The molecule has 0 radical (unpaired) electrons. The number of nitrogens with zero attached hydrogens (tertiary/aromatic N) is 4. The number of hydrogen-bond acceptors (Lipinski definition) is 2. The van der Waals surface area contributed by atoms with Gasteiger partial charge < -0.3 is 10.2 Å². The summed E-state index contributed by atoms with van der Waals surface area (Å²) in [6, 6.07) is 0. The molecule has 0 fully saturated rings. The van der Waals surface area contributed by atoms with Gasteiger partial charge in [0.1, 0.15) is 24.8 Å². The van der Waals surface area contributed by atoms with E-state index in [9.17, 15) is 0 Å². The zero-order chi connectivity index (χ0) is 29.8. The van der Waals surface area contributed by atoms with Crippen molar-refractivity contribution in [3.8, 4) is 0 Å². The first kappa shape index (κ1) is 36.5. The Bertz CT molecular complexity index is 766. The van der Waals surface area contributed by atoms with Crippen molar-refractivity contribution in [1.82, 2.24) is 9.13 Å². The molecule has 0 spiro atoms. The summed E-state index contributed by atoms with van der Waals surface area (Å²) in [6.07, 6.45) is 44.6. The molecule has 2 N–H and O–H groups in total. The molecule has 0 unspecified atom stereocenters. The van der Waals surface area contributed by atoms with E-state index in [-0.39, 0.29) is 0 Å². The third kappa shape index (κ3) is 20.3. The van der Waals surface area contributed by atoms with Crippen molar-refractivity contribution in [2.45, 2.75) is 180 Å². The highest BCUT2D eigenvalue weighted by molar-refractivity contribution is 4.67. The largest absolute Gasteiger partial charge is 0.396 e. The average molecular weight is 589 g/mol. The fraction of sp³-hybridized carbons (Fsp3) is 0.833. The molecule has 0 bridgehead atoms. The van der Waals surface area contributed by atoms with Crippen LogP contribution in [0.1, 0.15) is 154 Å². The van der Waals surface area contributed by atoms with Gasteiger partial charge in [0.2, 0.25) is 12.7 Å². The Labute approximate surface area is 259 Å². The highest BCUT2D eigenvalue weighted by Crippen LogP contribution is 2.11. The van der Waals surface area contributed by atoms with Crippen LogP contribution >= 0.6 is 0 Å². The van der Waals surface area contributed by atoms with E-state index in [0.717, 1.165) is 39.0 Å². The van der Waals surface area contributed by atoms with Crippen LogP contribution in [-0.2, 0) is 26.2 Å². The fourth-order valence-electron chi connectivity index (χ4n) is 5.99. The summed E-state index contributed by atoms with van der Waals surface area (Å²) in [5, 5.41) is 17.6. The summed E-state index contributed by atoms with van der Waals surface area (Å²) in [7, 11) is 0. The summed E-state index contributed by atoms with van der Waals surface area (Å²) in [5.41, 5.74) is 0. The van der Waals surface area contributed by atoms with Gasteiger partial charge in [-0.2, -0.15) is 0 Å². The Hall–Kier alpha value is -1.66. The summed E-state index contributed by atoms with van der Waals surface area (Å²) < 4.78 is 9.48. The van der Waals surface area contributed by atoms with Crippen LogP contribution in [0.25, 0.3) is 0 Å². The van der Waals surface area contributed by atoms with Gasteiger partial charge in [-0.1, -0.05) is 89.9 Å². The Morgan fingerprint density at radius 3 is 0.976 bits per heavy atom. The van der Waals surface area contributed by atoms with Crippen molar-refractivity contribution in [2.75, 3.05) is 13.2 Å². The van der Waals surface area contributed by atoms with Crippen LogP contribution in [-0.4, -0.2) is 32.6 Å². The normalized spacial score (nSPS) is 11.6. The summed E-state index contributed by atoms with van der Waals surface area (Å²) in [5.74, 6) is 0. The van der Waals surface area contributed by atoms with E-state index in [0.29, 0.717) is 13.2 Å². The number of imidazole rings is 2. The van der Waals surface area contributed by atoms with Gasteiger partial charge in [0.15, 0.2) is 0 Å². The van der Waals surface area contributed by atoms with Gasteiger partial charge in [0.05, 0.1) is 26.2 Å². The molecule has 0 aliphatic carbocycles. The number of aryl methyl sites for hydroxylation is 4. The Kier molecular flexibility index (Phi) is 23.4. The van der Waals surface area contributed by atoms with E-state index in [1.807, 2.05) is 0 Å². The molecule has 2 aromatic rings. The lowest BCUT2D eigenvalue weighted by molar-refractivity contribution is -0.697. The molecule has 2 aromatic heterocycles. The van der Waals surface area contributed by atoms with Crippen LogP contribution in [0.15, 0.2) is 37.4 Å². The van der Waals surface area contributed by atoms with E-state index in [1.54, 1.807) is 0 Å². The van der Waals surface area contributed by atoms with E-state index in [1.165, 1.54) is 141 Å². The maximum Gasteiger partial charge on any atom is 0.243 e. The highest BCUT2D eigenvalue weighted by atomic mass is 16.3. The van der Waals surface area contributed by atoms with Gasteiger partial charge in [-0.05, 0) is 64.2 Å². The summed E-state index contributed by atoms with van der Waals surface area (Å²) in [6.45, 7) is 5.31. The number of aliphatic hydroxyl groups is 2. The van der Waals surface area contributed by atoms with Crippen LogP contribution in [0.2, 0.25) is 0 Å². The van der Waals surface area contributed by atoms with Gasteiger partial charge in [-0.15, -0.1) is 0 Å². The van der Waals surface area contributed by atoms with Crippen molar-refractivity contribution in [3.63, 3.8) is 0 Å². The number of hydrogen-bond donors (Lipinski definition) is 2. The SMILES string of the molecule is OCCCCCCCCCCC[n+]1ccn(CCCCCCCCn2cc[n+](CCCCCCCCCCCO)c2)c1. The molecule has 0 atom stereocenters. The maximum atomic E-state index is 8.82. The Morgan fingerprint density at radius 2 is 0.643 bits per heavy atom. The van der Waals surface area contributed by atoms with Gasteiger partial charge in [0.25, 0.3) is 0 Å². The van der Waals surface area contributed by atoms with Crippen LogP contribution < -0.4 is 9.13 Å². The fourth-order valence-corrected chi connectivity index (χ4v) is 5.99. The molecule has 0 saturated heterocycles. The van der Waals surface area contributed by atoms with E-state index >= 15 is 0 Å². The zero-order valence-electron chi connectivity index (χ0n) is 27.4. The van der Waals surface area contributed by atoms with Gasteiger partial charge in [-0.3, -0.25) is 0 Å². The molecule has 6 nitrogen and oxygen atoms in total. The maximum absolute atomic E-state index is 8.82. The van der Waals surface area contributed by atoms with Crippen molar-refractivity contribution < 1.29 is 19.3 Å². The molecule has 242 valence electrons. The monoisotopic (exact) mass is 589 g/mol. The van der Waals surface area contributed by atoms with Gasteiger partial charge >= 0.3 is 0 Å². The molecule has 42 heavy (non-hydrogen) atoms. The first-order valence-electron chi connectivity index (χ1n) is 18.1. The molecule has 0 amide bonds. The Balaban J connectivity index is 1.35.